The quantitative estimate of drug-likeness (QED) is 0.137. The lowest BCUT2D eigenvalue weighted by atomic mass is 9.96. The molecule has 2 aromatic heterocycles. The van der Waals surface area contributed by atoms with Crippen molar-refractivity contribution in [3.8, 4) is 11.4 Å². The van der Waals surface area contributed by atoms with E-state index in [-0.39, 0.29) is 0 Å². The lowest BCUT2D eigenvalue weighted by Crippen LogP contribution is -2.04. The summed E-state index contributed by atoms with van der Waals surface area (Å²) in [5.41, 5.74) is 21.8. The highest BCUT2D eigenvalue weighted by Gasteiger charge is 2.25. The number of rotatable bonds is 2. The first kappa shape index (κ1) is 31.4. The average molecular weight is 739 g/mol. The van der Waals surface area contributed by atoms with Crippen molar-refractivity contribution in [1.29, 1.82) is 0 Å². The third-order valence-corrected chi connectivity index (χ3v) is 12.6. The lowest BCUT2D eigenvalue weighted by molar-refractivity contribution is 1.19. The molecule has 58 heavy (non-hydrogen) atoms. The maximum atomic E-state index is 6.83. The fraction of sp³-hybridized carbons (Fsp3) is 0. The summed E-state index contributed by atoms with van der Waals surface area (Å²) >= 11 is 0. The van der Waals surface area contributed by atoms with Crippen LogP contribution in [0.5, 0.6) is 0 Å². The average Bonchev–Trinajstić information content (AvgIpc) is 3.79. The van der Waals surface area contributed by atoms with Crippen molar-refractivity contribution in [1.82, 2.24) is 9.13 Å². The standard InChI is InChI=1S/C54H34N4/c55-35-22-24-42-43(29-35)53(57-45-25-17-31-9-1-5-13-37(31)49(45)50-38-14-6-2-10-32(38)18-26-46(50)57)41-23-21-36(56)30-44(41)54(42)58-47-27-19-33-11-3-7-15-39(33)51(47)52-40-16-8-4-12-34(40)20-28-48(52)58/h1-30H,55-56H2. The molecule has 0 saturated heterocycles. The maximum absolute atomic E-state index is 6.83. The van der Waals surface area contributed by atoms with E-state index in [0.29, 0.717) is 11.4 Å². The van der Waals surface area contributed by atoms with E-state index in [9.17, 15) is 0 Å². The van der Waals surface area contributed by atoms with Gasteiger partial charge in [-0.1, -0.05) is 133 Å². The van der Waals surface area contributed by atoms with E-state index in [1.807, 2.05) is 12.1 Å². The summed E-state index contributed by atoms with van der Waals surface area (Å²) in [4.78, 5) is 0. The molecule has 4 nitrogen and oxygen atoms in total. The van der Waals surface area contributed by atoms with E-state index >= 15 is 0 Å². The predicted molar refractivity (Wildman–Crippen MR) is 249 cm³/mol. The van der Waals surface area contributed by atoms with Crippen LogP contribution < -0.4 is 11.5 Å². The number of nitrogens with two attached hydrogens (primary N) is 2. The molecule has 270 valence electrons. The summed E-state index contributed by atoms with van der Waals surface area (Å²) in [6, 6.07) is 66.0. The zero-order valence-electron chi connectivity index (χ0n) is 31.4. The Morgan fingerprint density at radius 2 is 0.552 bits per heavy atom. The molecule has 0 fully saturated rings. The molecule has 0 unspecified atom stereocenters. The summed E-state index contributed by atoms with van der Waals surface area (Å²) in [7, 11) is 0. The van der Waals surface area contributed by atoms with Crippen molar-refractivity contribution in [3.63, 3.8) is 0 Å². The van der Waals surface area contributed by atoms with Gasteiger partial charge in [-0.3, -0.25) is 0 Å². The minimum absolute atomic E-state index is 0.713. The van der Waals surface area contributed by atoms with E-state index in [1.54, 1.807) is 0 Å². The molecule has 0 radical (unpaired) electrons. The minimum Gasteiger partial charge on any atom is -0.399 e. The first-order chi connectivity index (χ1) is 28.6. The normalized spacial score (nSPS) is 12.3. The summed E-state index contributed by atoms with van der Waals surface area (Å²) in [5, 5.41) is 19.1. The predicted octanol–water partition coefficient (Wildman–Crippen LogP) is 14.0. The van der Waals surface area contributed by atoms with Gasteiger partial charge in [0.05, 0.1) is 33.4 Å². The molecule has 0 bridgehead atoms. The Kier molecular flexibility index (Phi) is 6.16. The molecule has 0 aliphatic rings. The largest absolute Gasteiger partial charge is 0.399 e. The second-order valence-corrected chi connectivity index (χ2v) is 15.7. The third kappa shape index (κ3) is 4.08. The fourth-order valence-corrected chi connectivity index (χ4v) is 10.3. The van der Waals surface area contributed by atoms with Crippen molar-refractivity contribution in [2.24, 2.45) is 0 Å². The molecule has 0 spiro atoms. The highest BCUT2D eigenvalue weighted by atomic mass is 15.0. The van der Waals surface area contributed by atoms with E-state index in [1.165, 1.54) is 64.6 Å². The zero-order valence-corrected chi connectivity index (χ0v) is 31.4. The van der Waals surface area contributed by atoms with Gasteiger partial charge in [-0.2, -0.15) is 0 Å². The smallest absolute Gasteiger partial charge is 0.0621 e. The highest BCUT2D eigenvalue weighted by Crippen LogP contribution is 2.48. The number of benzene rings is 11. The number of anilines is 2. The van der Waals surface area contributed by atoms with Crippen LogP contribution in [-0.2, 0) is 0 Å². The molecular weight excluding hydrogens is 705 g/mol. The number of aromatic nitrogens is 2. The lowest BCUT2D eigenvalue weighted by Gasteiger charge is -2.22. The van der Waals surface area contributed by atoms with Gasteiger partial charge in [0, 0.05) is 54.5 Å². The molecule has 13 rings (SSSR count). The van der Waals surface area contributed by atoms with Crippen LogP contribution in [0.4, 0.5) is 11.4 Å². The van der Waals surface area contributed by atoms with E-state index < -0.39 is 0 Å². The van der Waals surface area contributed by atoms with Crippen LogP contribution in [0.2, 0.25) is 0 Å². The van der Waals surface area contributed by atoms with Crippen LogP contribution in [0.15, 0.2) is 182 Å². The second-order valence-electron chi connectivity index (χ2n) is 15.7. The third-order valence-electron chi connectivity index (χ3n) is 12.6. The van der Waals surface area contributed by atoms with E-state index in [4.69, 9.17) is 11.5 Å². The Balaban J connectivity index is 1.27. The van der Waals surface area contributed by atoms with Crippen molar-refractivity contribution in [3.05, 3.63) is 182 Å². The van der Waals surface area contributed by atoms with Gasteiger partial charge in [0.2, 0.25) is 0 Å². The first-order valence-electron chi connectivity index (χ1n) is 19.8. The number of hydrogen-bond acceptors (Lipinski definition) is 2. The summed E-state index contributed by atoms with van der Waals surface area (Å²) in [5.74, 6) is 0. The van der Waals surface area contributed by atoms with Crippen LogP contribution in [0.3, 0.4) is 0 Å². The Labute approximate surface area is 332 Å². The monoisotopic (exact) mass is 738 g/mol. The molecule has 4 heteroatoms. The Morgan fingerprint density at radius 1 is 0.259 bits per heavy atom. The van der Waals surface area contributed by atoms with Crippen LogP contribution in [-0.4, -0.2) is 9.13 Å². The van der Waals surface area contributed by atoms with Crippen molar-refractivity contribution < 1.29 is 0 Å². The first-order valence-corrected chi connectivity index (χ1v) is 19.8. The minimum atomic E-state index is 0.713. The molecule has 0 aliphatic carbocycles. The molecule has 11 aromatic carbocycles. The van der Waals surface area contributed by atoms with Gasteiger partial charge in [0.1, 0.15) is 0 Å². The Hall–Kier alpha value is -7.82. The Morgan fingerprint density at radius 3 is 0.862 bits per heavy atom. The van der Waals surface area contributed by atoms with Gasteiger partial charge < -0.3 is 20.6 Å². The van der Waals surface area contributed by atoms with Gasteiger partial charge in [0.15, 0.2) is 0 Å². The molecule has 0 atom stereocenters. The van der Waals surface area contributed by atoms with Gasteiger partial charge in [0.25, 0.3) is 0 Å². The number of fused-ring (bicyclic) bond motifs is 16. The van der Waals surface area contributed by atoms with Crippen LogP contribution in [0.25, 0.3) is 120 Å². The molecule has 2 heterocycles. The van der Waals surface area contributed by atoms with E-state index in [0.717, 1.165) is 55.0 Å². The molecular formula is C54H34N4. The van der Waals surface area contributed by atoms with Gasteiger partial charge >= 0.3 is 0 Å². The summed E-state index contributed by atoms with van der Waals surface area (Å²) in [6.07, 6.45) is 0. The van der Waals surface area contributed by atoms with Gasteiger partial charge in [-0.25, -0.2) is 0 Å². The molecule has 0 aliphatic heterocycles. The fourth-order valence-electron chi connectivity index (χ4n) is 10.3. The molecule has 0 amide bonds. The van der Waals surface area contributed by atoms with Gasteiger partial charge in [-0.15, -0.1) is 0 Å². The highest BCUT2D eigenvalue weighted by molar-refractivity contribution is 6.32. The maximum Gasteiger partial charge on any atom is 0.0621 e. The van der Waals surface area contributed by atoms with Crippen molar-refractivity contribution in [2.75, 3.05) is 11.5 Å². The number of nitrogen functional groups attached to an aromatic ring is 2. The number of hydrogen-bond donors (Lipinski definition) is 2. The summed E-state index contributed by atoms with van der Waals surface area (Å²) < 4.78 is 4.97. The molecule has 13 aromatic rings. The van der Waals surface area contributed by atoms with Gasteiger partial charge in [-0.05, 0) is 91.6 Å². The molecule has 4 N–H and O–H groups in total. The van der Waals surface area contributed by atoms with Crippen molar-refractivity contribution in [2.45, 2.75) is 0 Å². The topological polar surface area (TPSA) is 61.9 Å². The van der Waals surface area contributed by atoms with Crippen LogP contribution in [0.1, 0.15) is 0 Å². The summed E-state index contributed by atoms with van der Waals surface area (Å²) in [6.45, 7) is 0. The van der Waals surface area contributed by atoms with E-state index in [2.05, 4.69) is 179 Å². The second kappa shape index (κ2) is 11.4. The zero-order chi connectivity index (χ0) is 38.2. The van der Waals surface area contributed by atoms with Crippen molar-refractivity contribution >= 4 is 120 Å². The number of nitrogens with zero attached hydrogens (tertiary/aromatic N) is 2. The SMILES string of the molecule is Nc1ccc2c(-n3c4ccc5ccccc5c4c4c5ccccc5ccc43)c3cc(N)ccc3c(-n3c4ccc5ccccc5c4c4c5ccccc5ccc43)c2c1. The Bertz CT molecular complexity index is 3500. The molecule has 0 saturated carbocycles. The van der Waals surface area contributed by atoms with Crippen LogP contribution >= 0.6 is 0 Å². The van der Waals surface area contributed by atoms with Crippen LogP contribution in [0, 0.1) is 0 Å².